The van der Waals surface area contributed by atoms with Crippen LogP contribution in [-0.4, -0.2) is 60.9 Å². The number of amides is 3. The van der Waals surface area contributed by atoms with Gasteiger partial charge in [-0.2, -0.15) is 5.10 Å². The van der Waals surface area contributed by atoms with E-state index in [1.165, 1.54) is 9.91 Å². The van der Waals surface area contributed by atoms with E-state index in [0.29, 0.717) is 35.3 Å². The summed E-state index contributed by atoms with van der Waals surface area (Å²) in [6, 6.07) is 14.1. The summed E-state index contributed by atoms with van der Waals surface area (Å²) in [5.41, 5.74) is 2.39. The average molecular weight is 477 g/mol. The number of carbonyl (C=O) groups is 2. The molecule has 0 saturated heterocycles. The Bertz CT molecular complexity index is 981. The van der Waals surface area contributed by atoms with Gasteiger partial charge in [-0.1, -0.05) is 53.5 Å². The van der Waals surface area contributed by atoms with Crippen molar-refractivity contribution >= 4 is 40.9 Å². The maximum atomic E-state index is 13.3. The number of ether oxygens (including phenoxy) is 1. The van der Waals surface area contributed by atoms with Gasteiger partial charge in [0.2, 0.25) is 0 Å². The highest BCUT2D eigenvalue weighted by atomic mass is 35.5. The second kappa shape index (κ2) is 11.3. The monoisotopic (exact) mass is 476 g/mol. The van der Waals surface area contributed by atoms with Crippen molar-refractivity contribution in [3.63, 3.8) is 0 Å². The minimum Gasteiger partial charge on any atom is -0.383 e. The molecule has 3 amide bonds. The maximum absolute atomic E-state index is 13.3. The van der Waals surface area contributed by atoms with Crippen LogP contribution < -0.4 is 5.32 Å². The molecule has 0 aromatic heterocycles. The second-order valence-corrected chi connectivity index (χ2v) is 8.13. The molecular formula is C23H26Cl2N4O3. The number of benzene rings is 2. The summed E-state index contributed by atoms with van der Waals surface area (Å²) >= 11 is 12.4. The zero-order valence-corrected chi connectivity index (χ0v) is 19.6. The number of hydrogen-bond donors (Lipinski definition) is 1. The molecule has 1 atom stereocenters. The van der Waals surface area contributed by atoms with Crippen molar-refractivity contribution in [1.29, 1.82) is 0 Å². The third-order valence-corrected chi connectivity index (χ3v) is 5.69. The Morgan fingerprint density at radius 3 is 2.56 bits per heavy atom. The molecule has 9 heteroatoms. The fourth-order valence-corrected chi connectivity index (χ4v) is 3.87. The number of nitrogens with one attached hydrogen (secondary N) is 1. The van der Waals surface area contributed by atoms with E-state index < -0.39 is 0 Å². The molecule has 32 heavy (non-hydrogen) atoms. The van der Waals surface area contributed by atoms with Gasteiger partial charge >= 0.3 is 6.03 Å². The predicted octanol–water partition coefficient (Wildman–Crippen LogP) is 4.35. The Morgan fingerprint density at radius 1 is 1.19 bits per heavy atom. The molecule has 0 unspecified atom stereocenters. The van der Waals surface area contributed by atoms with Crippen LogP contribution in [0.3, 0.4) is 0 Å². The van der Waals surface area contributed by atoms with Crippen molar-refractivity contribution < 1.29 is 14.3 Å². The molecule has 2 aromatic rings. The van der Waals surface area contributed by atoms with Crippen LogP contribution >= 0.6 is 23.2 Å². The van der Waals surface area contributed by atoms with E-state index in [9.17, 15) is 9.59 Å². The van der Waals surface area contributed by atoms with Crippen LogP contribution in [0, 0.1) is 0 Å². The average Bonchev–Trinajstić information content (AvgIpc) is 3.22. The minimum atomic E-state index is -0.329. The highest BCUT2D eigenvalue weighted by molar-refractivity contribution is 6.34. The zero-order chi connectivity index (χ0) is 23.1. The Morgan fingerprint density at radius 2 is 1.91 bits per heavy atom. The van der Waals surface area contributed by atoms with Crippen LogP contribution in [0.1, 0.15) is 30.5 Å². The molecular weight excluding hydrogens is 451 g/mol. The van der Waals surface area contributed by atoms with E-state index >= 15 is 0 Å². The van der Waals surface area contributed by atoms with Crippen LogP contribution in [0.25, 0.3) is 0 Å². The first-order valence-electron chi connectivity index (χ1n) is 10.4. The van der Waals surface area contributed by atoms with Crippen LogP contribution in [-0.2, 0) is 9.53 Å². The Hall–Kier alpha value is -2.61. The molecule has 0 bridgehead atoms. The van der Waals surface area contributed by atoms with Gasteiger partial charge in [0.1, 0.15) is 6.54 Å². The highest BCUT2D eigenvalue weighted by Gasteiger charge is 2.34. The maximum Gasteiger partial charge on any atom is 0.317 e. The van der Waals surface area contributed by atoms with Crippen LogP contribution in [0.2, 0.25) is 10.0 Å². The smallest absolute Gasteiger partial charge is 0.317 e. The van der Waals surface area contributed by atoms with Gasteiger partial charge in [0.25, 0.3) is 5.91 Å². The van der Waals surface area contributed by atoms with Gasteiger partial charge in [-0.3, -0.25) is 4.79 Å². The molecule has 1 heterocycles. The third-order valence-electron chi connectivity index (χ3n) is 5.11. The van der Waals surface area contributed by atoms with Gasteiger partial charge in [0.15, 0.2) is 0 Å². The molecule has 7 nitrogen and oxygen atoms in total. The first-order valence-corrected chi connectivity index (χ1v) is 11.1. The first kappa shape index (κ1) is 24.0. The summed E-state index contributed by atoms with van der Waals surface area (Å²) in [4.78, 5) is 27.2. The van der Waals surface area contributed by atoms with E-state index in [2.05, 4.69) is 10.4 Å². The lowest BCUT2D eigenvalue weighted by molar-refractivity contribution is -0.133. The molecule has 0 aliphatic carbocycles. The van der Waals surface area contributed by atoms with Crippen LogP contribution in [0.15, 0.2) is 53.6 Å². The molecule has 0 saturated carbocycles. The summed E-state index contributed by atoms with van der Waals surface area (Å²) < 4.78 is 5.10. The summed E-state index contributed by atoms with van der Waals surface area (Å²) in [5, 5.41) is 9.99. The molecule has 3 rings (SSSR count). The van der Waals surface area contributed by atoms with Crippen molar-refractivity contribution in [3.05, 3.63) is 69.7 Å². The van der Waals surface area contributed by atoms with E-state index in [1.807, 2.05) is 37.3 Å². The number of hydrogen-bond acceptors (Lipinski definition) is 4. The lowest BCUT2D eigenvalue weighted by Gasteiger charge is -2.27. The first-order chi connectivity index (χ1) is 15.4. The van der Waals surface area contributed by atoms with Crippen molar-refractivity contribution in [2.75, 3.05) is 33.4 Å². The highest BCUT2D eigenvalue weighted by Crippen LogP contribution is 2.34. The number of urea groups is 1. The fourth-order valence-electron chi connectivity index (χ4n) is 3.50. The van der Waals surface area contributed by atoms with Gasteiger partial charge in [0.05, 0.1) is 18.4 Å². The number of methoxy groups -OCH3 is 1. The lowest BCUT2D eigenvalue weighted by Crippen LogP contribution is -2.47. The summed E-state index contributed by atoms with van der Waals surface area (Å²) in [6.07, 6.45) is 0.496. The number of halogens is 2. The van der Waals surface area contributed by atoms with E-state index in [0.717, 1.165) is 11.1 Å². The molecule has 1 N–H and O–H groups in total. The summed E-state index contributed by atoms with van der Waals surface area (Å²) in [6.45, 7) is 2.76. The van der Waals surface area contributed by atoms with Crippen molar-refractivity contribution in [1.82, 2.24) is 15.2 Å². The van der Waals surface area contributed by atoms with Crippen LogP contribution in [0.5, 0.6) is 0 Å². The standard InChI is InChI=1S/C23H26Cl2N4O3/c1-3-26-23(31)28(12-13-32-2)15-22(30)29-21(16-8-10-17(24)11-9-16)14-20(27-29)18-6-4-5-7-19(18)25/h4-11,21H,3,12-15H2,1-2H3,(H,26,31)/t21-/m0/s1. The normalized spacial score (nSPS) is 15.4. The summed E-state index contributed by atoms with van der Waals surface area (Å²) in [5.74, 6) is -0.297. The number of hydrazone groups is 1. The largest absolute Gasteiger partial charge is 0.383 e. The quantitative estimate of drug-likeness (QED) is 0.615. The van der Waals surface area contributed by atoms with Crippen LogP contribution in [0.4, 0.5) is 4.79 Å². The van der Waals surface area contributed by atoms with Crippen molar-refractivity contribution in [2.24, 2.45) is 5.10 Å². The number of carbonyl (C=O) groups excluding carboxylic acids is 2. The molecule has 1 aliphatic rings. The molecule has 170 valence electrons. The Balaban J connectivity index is 1.90. The topological polar surface area (TPSA) is 74.2 Å². The molecule has 0 fully saturated rings. The summed E-state index contributed by atoms with van der Waals surface area (Å²) in [7, 11) is 1.55. The SMILES string of the molecule is CCNC(=O)N(CCOC)CC(=O)N1N=C(c2ccccc2Cl)C[C@H]1c1ccc(Cl)cc1. The number of rotatable bonds is 8. The fraction of sp³-hybridized carbons (Fsp3) is 0.348. The molecule has 2 aromatic carbocycles. The predicted molar refractivity (Wildman–Crippen MR) is 126 cm³/mol. The van der Waals surface area contributed by atoms with Crippen molar-refractivity contribution in [2.45, 2.75) is 19.4 Å². The third kappa shape index (κ3) is 5.79. The van der Waals surface area contributed by atoms with Gasteiger partial charge in [0, 0.05) is 42.2 Å². The van der Waals surface area contributed by atoms with Gasteiger partial charge in [-0.25, -0.2) is 9.80 Å². The number of nitrogens with zero attached hydrogens (tertiary/aromatic N) is 3. The Kier molecular flexibility index (Phi) is 8.50. The Labute approximate surface area is 197 Å². The van der Waals surface area contributed by atoms with Crippen molar-refractivity contribution in [3.8, 4) is 0 Å². The van der Waals surface area contributed by atoms with E-state index in [-0.39, 0.29) is 31.1 Å². The second-order valence-electron chi connectivity index (χ2n) is 7.29. The zero-order valence-electron chi connectivity index (χ0n) is 18.1. The minimum absolute atomic E-state index is 0.126. The van der Waals surface area contributed by atoms with Gasteiger partial charge in [-0.15, -0.1) is 0 Å². The molecule has 0 radical (unpaired) electrons. The van der Waals surface area contributed by atoms with E-state index in [1.54, 1.807) is 25.3 Å². The molecule has 0 spiro atoms. The van der Waals surface area contributed by atoms with Gasteiger partial charge in [-0.05, 0) is 30.7 Å². The van der Waals surface area contributed by atoms with E-state index in [4.69, 9.17) is 27.9 Å². The molecule has 1 aliphatic heterocycles. The van der Waals surface area contributed by atoms with Gasteiger partial charge < -0.3 is 15.0 Å². The lowest BCUT2D eigenvalue weighted by atomic mass is 9.98.